The van der Waals surface area contributed by atoms with Gasteiger partial charge in [0, 0.05) is 45.3 Å². The molecule has 7 nitrogen and oxygen atoms in total. The predicted molar refractivity (Wildman–Crippen MR) is 130 cm³/mol. The van der Waals surface area contributed by atoms with Gasteiger partial charge in [-0.05, 0) is 51.3 Å². The van der Waals surface area contributed by atoms with Crippen molar-refractivity contribution < 1.29 is 14.3 Å². The highest BCUT2D eigenvalue weighted by molar-refractivity contribution is 14.0. The number of piperidine rings is 1. The van der Waals surface area contributed by atoms with Crippen LogP contribution in [0.3, 0.4) is 0 Å². The van der Waals surface area contributed by atoms with E-state index >= 15 is 0 Å². The van der Waals surface area contributed by atoms with Gasteiger partial charge in [-0.25, -0.2) is 0 Å². The van der Waals surface area contributed by atoms with E-state index in [1.807, 2.05) is 49.9 Å². The van der Waals surface area contributed by atoms with Crippen molar-refractivity contribution in [3.8, 4) is 0 Å². The van der Waals surface area contributed by atoms with E-state index in [4.69, 9.17) is 4.74 Å². The van der Waals surface area contributed by atoms with Gasteiger partial charge in [0.1, 0.15) is 0 Å². The number of halogens is 1. The minimum Gasteiger partial charge on any atom is -0.466 e. The molecule has 0 radical (unpaired) electrons. The van der Waals surface area contributed by atoms with Crippen LogP contribution in [-0.4, -0.2) is 67.5 Å². The van der Waals surface area contributed by atoms with Crippen LogP contribution in [0.5, 0.6) is 0 Å². The second kappa shape index (κ2) is 13.5. The fraction of sp³-hybridized carbons (Fsp3) is 0.591. The van der Waals surface area contributed by atoms with Crippen LogP contribution < -0.4 is 5.32 Å². The van der Waals surface area contributed by atoms with Crippen LogP contribution in [0.4, 0.5) is 0 Å². The zero-order chi connectivity index (χ0) is 21.2. The van der Waals surface area contributed by atoms with Crippen molar-refractivity contribution in [2.24, 2.45) is 10.9 Å². The molecule has 1 N–H and O–H groups in total. The van der Waals surface area contributed by atoms with Gasteiger partial charge in [-0.1, -0.05) is 12.1 Å². The van der Waals surface area contributed by atoms with Crippen molar-refractivity contribution in [3.63, 3.8) is 0 Å². The van der Waals surface area contributed by atoms with Crippen molar-refractivity contribution in [3.05, 3.63) is 35.4 Å². The summed E-state index contributed by atoms with van der Waals surface area (Å²) in [6, 6.07) is 7.71. The molecule has 1 fully saturated rings. The first-order chi connectivity index (χ1) is 14.0. The van der Waals surface area contributed by atoms with Crippen LogP contribution in [0, 0.1) is 5.92 Å². The lowest BCUT2D eigenvalue weighted by Gasteiger charge is -2.33. The number of esters is 1. The summed E-state index contributed by atoms with van der Waals surface area (Å²) in [5, 5.41) is 3.38. The molecule has 0 aromatic heterocycles. The molecule has 0 spiro atoms. The minimum absolute atomic E-state index is 0. The van der Waals surface area contributed by atoms with Gasteiger partial charge in [-0.15, -0.1) is 24.0 Å². The molecule has 1 aromatic carbocycles. The summed E-state index contributed by atoms with van der Waals surface area (Å²) in [7, 11) is 1.77. The second-order valence-electron chi connectivity index (χ2n) is 7.09. The van der Waals surface area contributed by atoms with Crippen LogP contribution in [0.25, 0.3) is 0 Å². The molecule has 0 saturated carbocycles. The Morgan fingerprint density at radius 1 is 1.13 bits per heavy atom. The Morgan fingerprint density at radius 2 is 1.73 bits per heavy atom. The van der Waals surface area contributed by atoms with Gasteiger partial charge in [0.05, 0.1) is 12.5 Å². The summed E-state index contributed by atoms with van der Waals surface area (Å²) in [4.78, 5) is 32.7. The van der Waals surface area contributed by atoms with Gasteiger partial charge in [0.2, 0.25) is 0 Å². The van der Waals surface area contributed by atoms with Crippen LogP contribution in [-0.2, 0) is 16.1 Å². The Bertz CT molecular complexity index is 697. The van der Waals surface area contributed by atoms with Crippen molar-refractivity contribution in [2.75, 3.05) is 39.8 Å². The highest BCUT2D eigenvalue weighted by Gasteiger charge is 2.27. The number of carbonyl (C=O) groups is 2. The molecule has 0 bridgehead atoms. The molecule has 0 unspecified atom stereocenters. The number of amides is 1. The maximum Gasteiger partial charge on any atom is 0.309 e. The predicted octanol–water partition coefficient (Wildman–Crippen LogP) is 3.14. The lowest BCUT2D eigenvalue weighted by Crippen LogP contribution is -2.46. The molecule has 0 aliphatic carbocycles. The number of aliphatic imine (C=N–C) groups is 1. The van der Waals surface area contributed by atoms with Crippen molar-refractivity contribution in [1.82, 2.24) is 15.1 Å². The largest absolute Gasteiger partial charge is 0.466 e. The van der Waals surface area contributed by atoms with Crippen LogP contribution in [0.15, 0.2) is 29.3 Å². The zero-order valence-corrected chi connectivity index (χ0v) is 20.8. The molecular formula is C22H35IN4O3. The number of benzene rings is 1. The molecule has 168 valence electrons. The fourth-order valence-electron chi connectivity index (χ4n) is 3.56. The number of hydrogen-bond donors (Lipinski definition) is 1. The van der Waals surface area contributed by atoms with Crippen LogP contribution >= 0.6 is 24.0 Å². The van der Waals surface area contributed by atoms with Gasteiger partial charge in [0.15, 0.2) is 5.96 Å². The second-order valence-corrected chi connectivity index (χ2v) is 7.09. The van der Waals surface area contributed by atoms with Crippen molar-refractivity contribution in [2.45, 2.75) is 40.2 Å². The highest BCUT2D eigenvalue weighted by Crippen LogP contribution is 2.19. The van der Waals surface area contributed by atoms with E-state index in [-0.39, 0.29) is 41.8 Å². The first-order valence-electron chi connectivity index (χ1n) is 10.5. The summed E-state index contributed by atoms with van der Waals surface area (Å²) >= 11 is 0. The Kier molecular flexibility index (Phi) is 11.8. The number of nitrogens with zero attached hydrogens (tertiary/aromatic N) is 3. The van der Waals surface area contributed by atoms with Gasteiger partial charge in [0.25, 0.3) is 5.91 Å². The van der Waals surface area contributed by atoms with E-state index in [0.29, 0.717) is 31.8 Å². The third kappa shape index (κ3) is 7.14. The van der Waals surface area contributed by atoms with Gasteiger partial charge < -0.3 is 19.9 Å². The summed E-state index contributed by atoms with van der Waals surface area (Å²) in [6.45, 7) is 9.85. The maximum atomic E-state index is 12.4. The number of guanidine groups is 1. The standard InChI is InChI=1S/C22H34N4O3.HI/c1-5-25(6-2)20(27)18-10-8-17(9-11-18)16-24-22(23-4)26-14-12-19(13-15-26)21(28)29-7-3;/h8-11,19H,5-7,12-16H2,1-4H3,(H,23,24);1H. The van der Waals surface area contributed by atoms with E-state index in [0.717, 1.165) is 37.5 Å². The van der Waals surface area contributed by atoms with E-state index in [1.165, 1.54) is 0 Å². The molecule has 1 heterocycles. The molecule has 1 aliphatic heterocycles. The molecule has 1 aliphatic rings. The van der Waals surface area contributed by atoms with E-state index in [2.05, 4.69) is 15.2 Å². The molecule has 1 saturated heterocycles. The zero-order valence-electron chi connectivity index (χ0n) is 18.5. The van der Waals surface area contributed by atoms with Crippen molar-refractivity contribution >= 4 is 41.8 Å². The maximum absolute atomic E-state index is 12.4. The summed E-state index contributed by atoms with van der Waals surface area (Å²) in [5.74, 6) is 0.792. The molecule has 8 heteroatoms. The number of likely N-dealkylation sites (tertiary alicyclic amines) is 1. The number of rotatable bonds is 7. The fourth-order valence-corrected chi connectivity index (χ4v) is 3.56. The molecule has 1 amide bonds. The highest BCUT2D eigenvalue weighted by atomic mass is 127. The molecular weight excluding hydrogens is 495 g/mol. The van der Waals surface area contributed by atoms with E-state index in [9.17, 15) is 9.59 Å². The third-order valence-electron chi connectivity index (χ3n) is 5.33. The van der Waals surface area contributed by atoms with Gasteiger partial charge in [-0.3, -0.25) is 14.6 Å². The topological polar surface area (TPSA) is 74.2 Å². The average molecular weight is 530 g/mol. The lowest BCUT2D eigenvalue weighted by molar-refractivity contribution is -0.149. The minimum atomic E-state index is -0.0885. The summed E-state index contributed by atoms with van der Waals surface area (Å²) < 4.78 is 5.13. The Balaban J connectivity index is 0.00000450. The lowest BCUT2D eigenvalue weighted by atomic mass is 9.97. The summed E-state index contributed by atoms with van der Waals surface area (Å²) in [6.07, 6.45) is 1.56. The van der Waals surface area contributed by atoms with Gasteiger partial charge >= 0.3 is 5.97 Å². The van der Waals surface area contributed by atoms with Gasteiger partial charge in [-0.2, -0.15) is 0 Å². The van der Waals surface area contributed by atoms with E-state index in [1.54, 1.807) is 7.05 Å². The Labute approximate surface area is 197 Å². The number of carbonyl (C=O) groups excluding carboxylic acids is 2. The first-order valence-corrected chi connectivity index (χ1v) is 10.5. The molecule has 30 heavy (non-hydrogen) atoms. The quantitative estimate of drug-likeness (QED) is 0.254. The number of ether oxygens (including phenoxy) is 1. The summed E-state index contributed by atoms with van der Waals surface area (Å²) in [5.41, 5.74) is 1.80. The SMILES string of the molecule is CCOC(=O)C1CCN(C(=NC)NCc2ccc(C(=O)N(CC)CC)cc2)CC1.I. The molecule has 1 aromatic rings. The number of hydrogen-bond acceptors (Lipinski definition) is 4. The van der Waals surface area contributed by atoms with Crippen molar-refractivity contribution in [1.29, 1.82) is 0 Å². The normalized spacial score (nSPS) is 14.7. The van der Waals surface area contributed by atoms with Crippen LogP contribution in [0.1, 0.15) is 49.5 Å². The van der Waals surface area contributed by atoms with Crippen LogP contribution in [0.2, 0.25) is 0 Å². The Hall–Kier alpha value is -1.84. The molecule has 0 atom stereocenters. The third-order valence-corrected chi connectivity index (χ3v) is 5.33. The smallest absolute Gasteiger partial charge is 0.309 e. The average Bonchev–Trinajstić information content (AvgIpc) is 2.76. The van der Waals surface area contributed by atoms with E-state index < -0.39 is 0 Å². The Morgan fingerprint density at radius 3 is 2.23 bits per heavy atom. The first kappa shape index (κ1) is 26.2. The number of nitrogens with one attached hydrogen (secondary N) is 1. The molecule has 2 rings (SSSR count). The monoisotopic (exact) mass is 530 g/mol.